The zero-order chi connectivity index (χ0) is 11.1. The first-order valence-electron chi connectivity index (χ1n) is 6.58. The highest BCUT2D eigenvalue weighted by Crippen LogP contribution is 2.56. The van der Waals surface area contributed by atoms with Gasteiger partial charge in [-0.3, -0.25) is 0 Å². The van der Waals surface area contributed by atoms with Crippen LogP contribution in [0.1, 0.15) is 59.3 Å². The third-order valence-electron chi connectivity index (χ3n) is 5.10. The maximum atomic E-state index is 9.73. The van der Waals surface area contributed by atoms with Crippen LogP contribution in [0.4, 0.5) is 0 Å². The lowest BCUT2D eigenvalue weighted by Gasteiger charge is -2.52. The van der Waals surface area contributed by atoms with Crippen LogP contribution in [-0.4, -0.2) is 11.7 Å². The number of aliphatic hydroxyl groups excluding tert-OH is 1. The summed E-state index contributed by atoms with van der Waals surface area (Å²) in [6.07, 6.45) is 7.84. The van der Waals surface area contributed by atoms with Crippen LogP contribution in [0, 0.1) is 22.7 Å². The monoisotopic (exact) mass is 210 g/mol. The molecule has 2 aliphatic carbocycles. The van der Waals surface area contributed by atoms with Crippen LogP contribution >= 0.6 is 0 Å². The molecule has 15 heavy (non-hydrogen) atoms. The van der Waals surface area contributed by atoms with Crippen LogP contribution in [0.15, 0.2) is 0 Å². The molecule has 0 bridgehead atoms. The van der Waals surface area contributed by atoms with Gasteiger partial charge in [0, 0.05) is 6.61 Å². The van der Waals surface area contributed by atoms with Gasteiger partial charge in [-0.05, 0) is 54.8 Å². The van der Waals surface area contributed by atoms with Crippen LogP contribution in [0.3, 0.4) is 0 Å². The van der Waals surface area contributed by atoms with Crippen LogP contribution in [0.2, 0.25) is 0 Å². The summed E-state index contributed by atoms with van der Waals surface area (Å²) in [7, 11) is 0. The third-order valence-corrected chi connectivity index (χ3v) is 5.10. The van der Waals surface area contributed by atoms with Gasteiger partial charge < -0.3 is 5.11 Å². The van der Waals surface area contributed by atoms with Gasteiger partial charge in [-0.25, -0.2) is 0 Å². The summed E-state index contributed by atoms with van der Waals surface area (Å²) in [5.74, 6) is 1.67. The third kappa shape index (κ3) is 2.08. The molecule has 2 fully saturated rings. The summed E-state index contributed by atoms with van der Waals surface area (Å²) >= 11 is 0. The van der Waals surface area contributed by atoms with Crippen molar-refractivity contribution in [2.24, 2.45) is 22.7 Å². The molecule has 1 unspecified atom stereocenters. The Labute approximate surface area is 94.3 Å². The summed E-state index contributed by atoms with van der Waals surface area (Å²) < 4.78 is 0. The molecule has 2 rings (SSSR count). The number of rotatable bonds is 1. The van der Waals surface area contributed by atoms with E-state index in [2.05, 4.69) is 20.8 Å². The number of hydrogen-bond donors (Lipinski definition) is 1. The molecule has 0 aliphatic heterocycles. The molecule has 2 aliphatic rings. The topological polar surface area (TPSA) is 20.2 Å². The van der Waals surface area contributed by atoms with Gasteiger partial charge in [0.2, 0.25) is 0 Å². The van der Waals surface area contributed by atoms with Crippen molar-refractivity contribution in [2.75, 3.05) is 6.61 Å². The van der Waals surface area contributed by atoms with Gasteiger partial charge in [-0.15, -0.1) is 0 Å². The second-order valence-corrected chi connectivity index (χ2v) is 6.97. The van der Waals surface area contributed by atoms with E-state index in [0.29, 0.717) is 17.4 Å². The highest BCUT2D eigenvalue weighted by molar-refractivity contribution is 4.97. The molecular weight excluding hydrogens is 184 g/mol. The molecule has 1 nitrogen and oxygen atoms in total. The van der Waals surface area contributed by atoms with Crippen molar-refractivity contribution in [1.82, 2.24) is 0 Å². The van der Waals surface area contributed by atoms with Gasteiger partial charge in [0.05, 0.1) is 0 Å². The van der Waals surface area contributed by atoms with Crippen LogP contribution in [-0.2, 0) is 0 Å². The predicted octanol–water partition coefficient (Wildman–Crippen LogP) is 3.61. The van der Waals surface area contributed by atoms with Crippen molar-refractivity contribution in [2.45, 2.75) is 59.3 Å². The Bertz CT molecular complexity index is 233. The molecule has 0 saturated heterocycles. The number of aliphatic hydroxyl groups is 1. The minimum absolute atomic E-state index is 0.308. The van der Waals surface area contributed by atoms with Crippen molar-refractivity contribution in [3.05, 3.63) is 0 Å². The summed E-state index contributed by atoms with van der Waals surface area (Å²) in [6.45, 7) is 7.60. The van der Waals surface area contributed by atoms with Crippen LogP contribution < -0.4 is 0 Å². The molecule has 3 atom stereocenters. The number of fused-ring (bicyclic) bond motifs is 1. The SMILES string of the molecule is C[C@H]1CC[C@@]2(CO)CCC(C)(C)CC2C1. The molecule has 1 N–H and O–H groups in total. The molecule has 88 valence electrons. The normalized spacial score (nSPS) is 44.8. The van der Waals surface area contributed by atoms with Gasteiger partial charge in [-0.1, -0.05) is 27.2 Å². The summed E-state index contributed by atoms with van der Waals surface area (Å²) in [4.78, 5) is 0. The molecule has 2 saturated carbocycles. The zero-order valence-electron chi connectivity index (χ0n) is 10.6. The van der Waals surface area contributed by atoms with E-state index in [9.17, 15) is 5.11 Å². The van der Waals surface area contributed by atoms with Crippen molar-refractivity contribution in [3.8, 4) is 0 Å². The minimum Gasteiger partial charge on any atom is -0.396 e. The lowest BCUT2D eigenvalue weighted by atomic mass is 9.53. The van der Waals surface area contributed by atoms with E-state index in [0.717, 1.165) is 11.8 Å². The largest absolute Gasteiger partial charge is 0.396 e. The molecule has 0 aromatic heterocycles. The lowest BCUT2D eigenvalue weighted by Crippen LogP contribution is -2.45. The Morgan fingerprint density at radius 1 is 1.20 bits per heavy atom. The van der Waals surface area contributed by atoms with E-state index < -0.39 is 0 Å². The molecule has 1 heteroatoms. The summed E-state index contributed by atoms with van der Waals surface area (Å²) in [5.41, 5.74) is 0.822. The second-order valence-electron chi connectivity index (χ2n) is 6.97. The van der Waals surface area contributed by atoms with Crippen LogP contribution in [0.5, 0.6) is 0 Å². The summed E-state index contributed by atoms with van der Waals surface area (Å²) in [5, 5.41) is 9.73. The van der Waals surface area contributed by atoms with Crippen molar-refractivity contribution in [1.29, 1.82) is 0 Å². The van der Waals surface area contributed by atoms with Gasteiger partial charge >= 0.3 is 0 Å². The molecule has 0 aromatic carbocycles. The average molecular weight is 210 g/mol. The predicted molar refractivity (Wildman–Crippen MR) is 63.7 cm³/mol. The van der Waals surface area contributed by atoms with E-state index in [4.69, 9.17) is 0 Å². The van der Waals surface area contributed by atoms with E-state index in [1.807, 2.05) is 0 Å². The molecule has 0 amide bonds. The standard InChI is InChI=1S/C14H26O/c1-11-4-5-14(10-15)7-6-13(2,3)9-12(14)8-11/h11-12,15H,4-10H2,1-3H3/t11-,12?,14-/m0/s1. The van der Waals surface area contributed by atoms with Gasteiger partial charge in [0.1, 0.15) is 0 Å². The van der Waals surface area contributed by atoms with E-state index in [1.165, 1.54) is 38.5 Å². The van der Waals surface area contributed by atoms with E-state index in [-0.39, 0.29) is 0 Å². The number of hydrogen-bond acceptors (Lipinski definition) is 1. The smallest absolute Gasteiger partial charge is 0.0490 e. The lowest BCUT2D eigenvalue weighted by molar-refractivity contribution is -0.0584. The molecular formula is C14H26O. The van der Waals surface area contributed by atoms with Gasteiger partial charge in [-0.2, -0.15) is 0 Å². The van der Waals surface area contributed by atoms with Gasteiger partial charge in [0.25, 0.3) is 0 Å². The molecule has 0 heterocycles. The highest BCUT2D eigenvalue weighted by atomic mass is 16.3. The fourth-order valence-corrected chi connectivity index (χ4v) is 3.86. The van der Waals surface area contributed by atoms with Crippen molar-refractivity contribution in [3.63, 3.8) is 0 Å². The first-order valence-corrected chi connectivity index (χ1v) is 6.58. The Morgan fingerprint density at radius 3 is 2.60 bits per heavy atom. The molecule has 0 aromatic rings. The Morgan fingerprint density at radius 2 is 1.93 bits per heavy atom. The highest BCUT2D eigenvalue weighted by Gasteiger charge is 2.47. The van der Waals surface area contributed by atoms with Crippen LogP contribution in [0.25, 0.3) is 0 Å². The van der Waals surface area contributed by atoms with E-state index >= 15 is 0 Å². The Balaban J connectivity index is 2.15. The Kier molecular flexibility index (Phi) is 2.87. The molecule has 0 radical (unpaired) electrons. The first kappa shape index (κ1) is 11.4. The van der Waals surface area contributed by atoms with Gasteiger partial charge in [0.15, 0.2) is 0 Å². The quantitative estimate of drug-likeness (QED) is 0.701. The van der Waals surface area contributed by atoms with Crippen molar-refractivity contribution >= 4 is 0 Å². The second kappa shape index (κ2) is 3.76. The average Bonchev–Trinajstić information content (AvgIpc) is 2.17. The zero-order valence-corrected chi connectivity index (χ0v) is 10.6. The molecule has 0 spiro atoms. The summed E-state index contributed by atoms with van der Waals surface area (Å²) in [6, 6.07) is 0. The fraction of sp³-hybridized carbons (Fsp3) is 1.00. The minimum atomic E-state index is 0.308. The fourth-order valence-electron chi connectivity index (χ4n) is 3.86. The maximum absolute atomic E-state index is 9.73. The maximum Gasteiger partial charge on any atom is 0.0490 e. The van der Waals surface area contributed by atoms with E-state index in [1.54, 1.807) is 0 Å². The Hall–Kier alpha value is -0.0400. The van der Waals surface area contributed by atoms with Crippen molar-refractivity contribution < 1.29 is 5.11 Å². The first-order chi connectivity index (χ1) is 6.97.